The minimum atomic E-state index is 0. The molecule has 154 valence electrons. The fraction of sp³-hybridized carbons (Fsp3) is 0.650. The first-order valence-corrected chi connectivity index (χ1v) is 10.5. The van der Waals surface area contributed by atoms with Crippen molar-refractivity contribution in [3.05, 3.63) is 23.8 Å². The Kier molecular flexibility index (Phi) is 10.1. The van der Waals surface area contributed by atoms with Crippen LogP contribution < -0.4 is 14.8 Å². The van der Waals surface area contributed by atoms with Crippen LogP contribution in [0, 0.1) is 0 Å². The van der Waals surface area contributed by atoms with Crippen molar-refractivity contribution in [1.29, 1.82) is 0 Å². The highest BCUT2D eigenvalue weighted by Gasteiger charge is 2.27. The normalized spacial score (nSPS) is 17.5. The second-order valence-electron chi connectivity index (χ2n) is 7.21. The second-order valence-corrected chi connectivity index (χ2v) is 8.73. The largest absolute Gasteiger partial charge is 0.497 e. The Bertz CT molecular complexity index is 603. The molecule has 0 spiro atoms. The molecular weight excluding hydrogens is 473 g/mol. The number of aliphatic imine (C=N–C) groups is 1. The highest BCUT2D eigenvalue weighted by atomic mass is 127. The first-order valence-electron chi connectivity index (χ1n) is 9.23. The Morgan fingerprint density at radius 1 is 1.26 bits per heavy atom. The summed E-state index contributed by atoms with van der Waals surface area (Å²) < 4.78 is 11.0. The Labute approximate surface area is 185 Å². The van der Waals surface area contributed by atoms with Gasteiger partial charge >= 0.3 is 0 Å². The van der Waals surface area contributed by atoms with Gasteiger partial charge in [0, 0.05) is 36.4 Å². The molecule has 0 aromatic heterocycles. The molecule has 1 aliphatic rings. The van der Waals surface area contributed by atoms with Crippen molar-refractivity contribution in [3.8, 4) is 11.5 Å². The number of halogens is 1. The van der Waals surface area contributed by atoms with Crippen LogP contribution in [0.5, 0.6) is 11.5 Å². The van der Waals surface area contributed by atoms with Crippen molar-refractivity contribution in [1.82, 2.24) is 10.2 Å². The van der Waals surface area contributed by atoms with E-state index in [0.29, 0.717) is 5.92 Å². The smallest absolute Gasteiger partial charge is 0.193 e. The summed E-state index contributed by atoms with van der Waals surface area (Å²) >= 11 is 1.85. The quantitative estimate of drug-likeness (QED) is 0.340. The summed E-state index contributed by atoms with van der Waals surface area (Å²) in [5.41, 5.74) is 1.27. The lowest BCUT2D eigenvalue weighted by Crippen LogP contribution is -2.40. The zero-order valence-electron chi connectivity index (χ0n) is 17.4. The van der Waals surface area contributed by atoms with E-state index in [1.807, 2.05) is 17.8 Å². The van der Waals surface area contributed by atoms with E-state index in [1.54, 1.807) is 14.2 Å². The predicted octanol–water partition coefficient (Wildman–Crippen LogP) is 4.22. The number of thioether (sulfide) groups is 1. The number of likely N-dealkylation sites (tertiary alicyclic amines) is 1. The fourth-order valence-corrected chi connectivity index (χ4v) is 3.24. The van der Waals surface area contributed by atoms with Gasteiger partial charge in [0.25, 0.3) is 0 Å². The zero-order valence-corrected chi connectivity index (χ0v) is 20.5. The Morgan fingerprint density at radius 3 is 2.41 bits per heavy atom. The van der Waals surface area contributed by atoms with Crippen LogP contribution in [0.25, 0.3) is 0 Å². The van der Waals surface area contributed by atoms with Crippen molar-refractivity contribution in [3.63, 3.8) is 0 Å². The molecule has 1 aliphatic heterocycles. The topological polar surface area (TPSA) is 46.1 Å². The molecule has 2 rings (SSSR count). The van der Waals surface area contributed by atoms with Crippen molar-refractivity contribution in [2.24, 2.45) is 4.99 Å². The standard InChI is InChI=1S/C20H33N3O2S.HI/c1-7-21-19(22-14-20(2,3)26-6)23-9-8-15(13-23)16-10-17(24-4)12-18(11-16)25-5;/h10-12,15H,7-9,13-14H2,1-6H3,(H,21,22);1H. The molecule has 0 aliphatic carbocycles. The van der Waals surface area contributed by atoms with Gasteiger partial charge in [-0.15, -0.1) is 24.0 Å². The van der Waals surface area contributed by atoms with Crippen molar-refractivity contribution in [2.75, 3.05) is 46.7 Å². The highest BCUT2D eigenvalue weighted by molar-refractivity contribution is 14.0. The van der Waals surface area contributed by atoms with Crippen LogP contribution >= 0.6 is 35.7 Å². The predicted molar refractivity (Wildman–Crippen MR) is 127 cm³/mol. The van der Waals surface area contributed by atoms with E-state index in [0.717, 1.165) is 50.1 Å². The van der Waals surface area contributed by atoms with Gasteiger partial charge in [-0.2, -0.15) is 11.8 Å². The van der Waals surface area contributed by atoms with Crippen LogP contribution in [0.3, 0.4) is 0 Å². The summed E-state index contributed by atoms with van der Waals surface area (Å²) in [6.45, 7) is 10.3. The maximum absolute atomic E-state index is 5.43. The molecule has 1 aromatic carbocycles. The molecule has 1 aromatic rings. The molecular formula is C20H34IN3O2S. The molecule has 1 saturated heterocycles. The van der Waals surface area contributed by atoms with E-state index in [4.69, 9.17) is 14.5 Å². The van der Waals surface area contributed by atoms with E-state index in [2.05, 4.69) is 49.4 Å². The van der Waals surface area contributed by atoms with E-state index < -0.39 is 0 Å². The summed E-state index contributed by atoms with van der Waals surface area (Å²) in [7, 11) is 3.39. The summed E-state index contributed by atoms with van der Waals surface area (Å²) in [6, 6.07) is 6.17. The van der Waals surface area contributed by atoms with E-state index >= 15 is 0 Å². The molecule has 1 heterocycles. The van der Waals surface area contributed by atoms with Crippen LogP contribution in [-0.2, 0) is 0 Å². The van der Waals surface area contributed by atoms with Gasteiger partial charge in [0.15, 0.2) is 5.96 Å². The lowest BCUT2D eigenvalue weighted by atomic mass is 9.98. The number of benzene rings is 1. The third-order valence-electron chi connectivity index (χ3n) is 4.83. The van der Waals surface area contributed by atoms with Crippen LogP contribution in [-0.4, -0.2) is 62.3 Å². The van der Waals surface area contributed by atoms with Crippen LogP contribution in [0.1, 0.15) is 38.7 Å². The molecule has 0 bridgehead atoms. The van der Waals surface area contributed by atoms with Crippen LogP contribution in [0.2, 0.25) is 0 Å². The Balaban J connectivity index is 0.00000364. The number of methoxy groups -OCH3 is 2. The molecule has 1 unspecified atom stereocenters. The summed E-state index contributed by atoms with van der Waals surface area (Å²) in [4.78, 5) is 7.27. The fourth-order valence-electron chi connectivity index (χ4n) is 3.05. The van der Waals surface area contributed by atoms with E-state index in [-0.39, 0.29) is 28.7 Å². The second kappa shape index (κ2) is 11.2. The molecule has 1 N–H and O–H groups in total. The number of rotatable bonds is 7. The lowest BCUT2D eigenvalue weighted by molar-refractivity contribution is 0.392. The lowest BCUT2D eigenvalue weighted by Gasteiger charge is -2.25. The molecule has 7 heteroatoms. The average molecular weight is 507 g/mol. The zero-order chi connectivity index (χ0) is 19.2. The van der Waals surface area contributed by atoms with Gasteiger partial charge in [-0.25, -0.2) is 0 Å². The van der Waals surface area contributed by atoms with Crippen molar-refractivity contribution < 1.29 is 9.47 Å². The van der Waals surface area contributed by atoms with Crippen molar-refractivity contribution in [2.45, 2.75) is 37.9 Å². The Morgan fingerprint density at radius 2 is 1.89 bits per heavy atom. The maximum Gasteiger partial charge on any atom is 0.193 e. The first kappa shape index (κ1) is 24.2. The van der Waals surface area contributed by atoms with Gasteiger partial charge in [0.1, 0.15) is 11.5 Å². The summed E-state index contributed by atoms with van der Waals surface area (Å²) in [5, 5.41) is 3.46. The minimum absolute atomic E-state index is 0. The van der Waals surface area contributed by atoms with Crippen molar-refractivity contribution >= 4 is 41.7 Å². The van der Waals surface area contributed by atoms with Crippen LogP contribution in [0.15, 0.2) is 23.2 Å². The molecule has 0 amide bonds. The first-order chi connectivity index (χ1) is 12.4. The third kappa shape index (κ3) is 6.93. The van der Waals surface area contributed by atoms with Gasteiger partial charge < -0.3 is 19.7 Å². The maximum atomic E-state index is 5.43. The number of nitrogens with one attached hydrogen (secondary N) is 1. The summed E-state index contributed by atoms with van der Waals surface area (Å²) in [5.74, 6) is 3.17. The van der Waals surface area contributed by atoms with Gasteiger partial charge in [0.05, 0.1) is 20.8 Å². The monoisotopic (exact) mass is 507 g/mol. The van der Waals surface area contributed by atoms with Gasteiger partial charge in [0.2, 0.25) is 0 Å². The molecule has 0 radical (unpaired) electrons. The molecule has 27 heavy (non-hydrogen) atoms. The van der Waals surface area contributed by atoms with Gasteiger partial charge in [-0.1, -0.05) is 0 Å². The number of nitrogens with zero attached hydrogens (tertiary/aromatic N) is 2. The summed E-state index contributed by atoms with van der Waals surface area (Å²) in [6.07, 6.45) is 3.25. The van der Waals surface area contributed by atoms with Gasteiger partial charge in [-0.05, 0) is 51.1 Å². The number of ether oxygens (including phenoxy) is 2. The molecule has 0 saturated carbocycles. The van der Waals surface area contributed by atoms with E-state index in [9.17, 15) is 0 Å². The molecule has 5 nitrogen and oxygen atoms in total. The molecule has 1 atom stereocenters. The number of guanidine groups is 1. The average Bonchev–Trinajstić information content (AvgIpc) is 3.14. The molecule has 1 fully saturated rings. The number of hydrogen-bond acceptors (Lipinski definition) is 4. The third-order valence-corrected chi connectivity index (χ3v) is 6.06. The Hall–Kier alpha value is -0.830. The number of hydrogen-bond donors (Lipinski definition) is 1. The van der Waals surface area contributed by atoms with E-state index in [1.165, 1.54) is 5.56 Å². The SMILES string of the molecule is CCNC(=NCC(C)(C)SC)N1CCC(c2cc(OC)cc(OC)c2)C1.I. The van der Waals surface area contributed by atoms with Gasteiger partial charge in [-0.3, -0.25) is 4.99 Å². The highest BCUT2D eigenvalue weighted by Crippen LogP contribution is 2.33. The minimum Gasteiger partial charge on any atom is -0.497 e. The van der Waals surface area contributed by atoms with Crippen LogP contribution in [0.4, 0.5) is 0 Å².